The van der Waals surface area contributed by atoms with Gasteiger partial charge in [0.25, 0.3) is 5.91 Å². The number of aliphatic imine (C=N–C) groups is 1. The van der Waals surface area contributed by atoms with Gasteiger partial charge in [0.05, 0.1) is 0 Å². The summed E-state index contributed by atoms with van der Waals surface area (Å²) >= 11 is 0. The molecular weight excluding hydrogens is 242 g/mol. The zero-order valence-corrected chi connectivity index (χ0v) is 11.3. The summed E-state index contributed by atoms with van der Waals surface area (Å²) in [5, 5.41) is 2.70. The summed E-state index contributed by atoms with van der Waals surface area (Å²) in [5.74, 6) is -0.437. The Bertz CT molecular complexity index is 537. The van der Waals surface area contributed by atoms with Crippen LogP contribution in [0.4, 0.5) is 0 Å². The summed E-state index contributed by atoms with van der Waals surface area (Å²) in [6.45, 7) is 1.82. The first-order valence-electron chi connectivity index (χ1n) is 6.19. The van der Waals surface area contributed by atoms with Crippen molar-refractivity contribution in [2.24, 2.45) is 4.99 Å². The van der Waals surface area contributed by atoms with Crippen molar-refractivity contribution < 1.29 is 9.59 Å². The predicted octanol–water partition coefficient (Wildman–Crippen LogP) is 0.908. The number of nitrogens with zero attached hydrogens (tertiary/aromatic N) is 2. The van der Waals surface area contributed by atoms with Gasteiger partial charge in [-0.1, -0.05) is 37.3 Å². The minimum absolute atomic E-state index is 0.287. The van der Waals surface area contributed by atoms with Gasteiger partial charge >= 0.3 is 0 Å². The third-order valence-corrected chi connectivity index (χ3v) is 3.41. The van der Waals surface area contributed by atoms with Gasteiger partial charge in [0.2, 0.25) is 11.9 Å². The second-order valence-electron chi connectivity index (χ2n) is 4.71. The largest absolute Gasteiger partial charge is 0.348 e. The van der Waals surface area contributed by atoms with Crippen LogP contribution in [0.5, 0.6) is 0 Å². The van der Waals surface area contributed by atoms with Gasteiger partial charge in [-0.3, -0.25) is 14.9 Å². The summed E-state index contributed by atoms with van der Waals surface area (Å²) in [6.07, 6.45) is 0.381. The highest BCUT2D eigenvalue weighted by atomic mass is 16.2. The average Bonchev–Trinajstić information content (AvgIpc) is 2.40. The van der Waals surface area contributed by atoms with Crippen molar-refractivity contribution >= 4 is 17.8 Å². The standard InChI is InChI=1S/C14H17N3O2/c1-4-14(10-8-6-5-7-9-10)11(18)15-13(17(2)3)16-12(14)19/h5-9H,4H2,1-3H3,(H,15,16,18,19). The molecule has 0 saturated carbocycles. The number of guanidine groups is 1. The Hall–Kier alpha value is -2.17. The number of carbonyl (C=O) groups excluding carboxylic acids is 2. The van der Waals surface area contributed by atoms with Crippen molar-refractivity contribution in [3.63, 3.8) is 0 Å². The van der Waals surface area contributed by atoms with Gasteiger partial charge in [-0.05, 0) is 12.0 Å². The first-order valence-corrected chi connectivity index (χ1v) is 6.19. The number of hydrogen-bond acceptors (Lipinski definition) is 3. The Morgan fingerprint density at radius 2 is 1.84 bits per heavy atom. The average molecular weight is 259 g/mol. The molecule has 0 fully saturated rings. The van der Waals surface area contributed by atoms with Gasteiger partial charge in [0.1, 0.15) is 0 Å². The van der Waals surface area contributed by atoms with Crippen LogP contribution in [0.15, 0.2) is 35.3 Å². The van der Waals surface area contributed by atoms with Gasteiger partial charge in [-0.2, -0.15) is 4.99 Å². The van der Waals surface area contributed by atoms with Crippen molar-refractivity contribution in [3.05, 3.63) is 35.9 Å². The lowest BCUT2D eigenvalue weighted by molar-refractivity contribution is -0.136. The van der Waals surface area contributed by atoms with E-state index in [1.807, 2.05) is 25.1 Å². The maximum atomic E-state index is 12.4. The molecule has 1 unspecified atom stereocenters. The molecule has 0 radical (unpaired) electrons. The monoisotopic (exact) mass is 259 g/mol. The summed E-state index contributed by atoms with van der Waals surface area (Å²) < 4.78 is 0. The summed E-state index contributed by atoms with van der Waals surface area (Å²) in [5.41, 5.74) is -0.526. The molecule has 0 aromatic heterocycles. The number of hydrogen-bond donors (Lipinski definition) is 1. The van der Waals surface area contributed by atoms with Crippen molar-refractivity contribution in [1.82, 2.24) is 10.2 Å². The predicted molar refractivity (Wildman–Crippen MR) is 72.7 cm³/mol. The lowest BCUT2D eigenvalue weighted by Gasteiger charge is -2.33. The SMILES string of the molecule is CCC1(c2ccccc2)C(=O)N=C(N(C)C)NC1=O. The van der Waals surface area contributed by atoms with Gasteiger partial charge in [0, 0.05) is 14.1 Å². The molecule has 1 heterocycles. The normalized spacial score (nSPS) is 22.8. The molecule has 1 aromatic carbocycles. The number of amides is 2. The molecule has 5 heteroatoms. The van der Waals surface area contributed by atoms with Crippen LogP contribution in [0, 0.1) is 0 Å². The molecule has 5 nitrogen and oxygen atoms in total. The second-order valence-corrected chi connectivity index (χ2v) is 4.71. The van der Waals surface area contributed by atoms with Crippen LogP contribution in [0.2, 0.25) is 0 Å². The summed E-state index contributed by atoms with van der Waals surface area (Å²) in [4.78, 5) is 30.4. The minimum atomic E-state index is -1.21. The van der Waals surface area contributed by atoms with E-state index in [9.17, 15) is 9.59 Å². The lowest BCUT2D eigenvalue weighted by atomic mass is 9.75. The van der Waals surface area contributed by atoms with Crippen LogP contribution in [0.25, 0.3) is 0 Å². The smallest absolute Gasteiger partial charge is 0.269 e. The van der Waals surface area contributed by atoms with E-state index < -0.39 is 11.3 Å². The Balaban J connectivity index is 2.53. The zero-order chi connectivity index (χ0) is 14.0. The molecule has 0 saturated heterocycles. The van der Waals surface area contributed by atoms with Crippen LogP contribution < -0.4 is 5.32 Å². The first kappa shape index (κ1) is 13.3. The Labute approximate surface area is 112 Å². The molecule has 0 bridgehead atoms. The van der Waals surface area contributed by atoms with Gasteiger partial charge in [0.15, 0.2) is 5.41 Å². The lowest BCUT2D eigenvalue weighted by Crippen LogP contribution is -2.57. The molecule has 19 heavy (non-hydrogen) atoms. The topological polar surface area (TPSA) is 61.8 Å². The zero-order valence-electron chi connectivity index (χ0n) is 11.3. The molecular formula is C14H17N3O2. The van der Waals surface area contributed by atoms with Crippen LogP contribution in [0.3, 0.4) is 0 Å². The van der Waals surface area contributed by atoms with Crippen LogP contribution in [-0.4, -0.2) is 36.8 Å². The van der Waals surface area contributed by atoms with Crippen molar-refractivity contribution in [2.75, 3.05) is 14.1 Å². The maximum Gasteiger partial charge on any atom is 0.269 e. The summed E-state index contributed by atoms with van der Waals surface area (Å²) in [7, 11) is 3.46. The molecule has 1 aliphatic rings. The van der Waals surface area contributed by atoms with Crippen LogP contribution >= 0.6 is 0 Å². The number of nitrogens with one attached hydrogen (secondary N) is 1. The molecule has 0 spiro atoms. The summed E-state index contributed by atoms with van der Waals surface area (Å²) in [6, 6.07) is 9.07. The van der Waals surface area contributed by atoms with Crippen molar-refractivity contribution in [1.29, 1.82) is 0 Å². The van der Waals surface area contributed by atoms with E-state index in [2.05, 4.69) is 10.3 Å². The number of rotatable bonds is 2. The Morgan fingerprint density at radius 1 is 1.21 bits per heavy atom. The fourth-order valence-electron chi connectivity index (χ4n) is 2.23. The third-order valence-electron chi connectivity index (χ3n) is 3.41. The molecule has 1 atom stereocenters. The van der Waals surface area contributed by atoms with E-state index in [-0.39, 0.29) is 11.9 Å². The van der Waals surface area contributed by atoms with E-state index in [0.29, 0.717) is 12.0 Å². The molecule has 2 rings (SSSR count). The fourth-order valence-corrected chi connectivity index (χ4v) is 2.23. The highest BCUT2D eigenvalue weighted by Gasteiger charge is 2.49. The van der Waals surface area contributed by atoms with E-state index in [0.717, 1.165) is 0 Å². The highest BCUT2D eigenvalue weighted by molar-refractivity contribution is 6.21. The van der Waals surface area contributed by atoms with Crippen LogP contribution in [-0.2, 0) is 15.0 Å². The van der Waals surface area contributed by atoms with Gasteiger partial charge in [-0.15, -0.1) is 0 Å². The maximum absolute atomic E-state index is 12.4. The van der Waals surface area contributed by atoms with Crippen LogP contribution in [0.1, 0.15) is 18.9 Å². The van der Waals surface area contributed by atoms with Crippen molar-refractivity contribution in [2.45, 2.75) is 18.8 Å². The van der Waals surface area contributed by atoms with E-state index >= 15 is 0 Å². The Kier molecular flexibility index (Phi) is 3.38. The first-order chi connectivity index (χ1) is 9.02. The van der Waals surface area contributed by atoms with Gasteiger partial charge in [-0.25, -0.2) is 0 Å². The van der Waals surface area contributed by atoms with Gasteiger partial charge < -0.3 is 4.90 Å². The Morgan fingerprint density at radius 3 is 2.32 bits per heavy atom. The van der Waals surface area contributed by atoms with E-state index in [1.165, 1.54) is 0 Å². The second kappa shape index (κ2) is 4.84. The number of benzene rings is 1. The third kappa shape index (κ3) is 2.01. The number of carbonyl (C=O) groups is 2. The molecule has 1 aliphatic heterocycles. The molecule has 2 amide bonds. The molecule has 0 aliphatic carbocycles. The molecule has 100 valence electrons. The van der Waals surface area contributed by atoms with E-state index in [1.54, 1.807) is 31.1 Å². The molecule has 1 aromatic rings. The fraction of sp³-hybridized carbons (Fsp3) is 0.357. The molecule has 1 N–H and O–H groups in total. The highest BCUT2D eigenvalue weighted by Crippen LogP contribution is 2.31. The van der Waals surface area contributed by atoms with Crippen molar-refractivity contribution in [3.8, 4) is 0 Å². The quantitative estimate of drug-likeness (QED) is 0.803. The van der Waals surface area contributed by atoms with E-state index in [4.69, 9.17) is 0 Å². The minimum Gasteiger partial charge on any atom is -0.348 e.